The van der Waals surface area contributed by atoms with Crippen molar-refractivity contribution in [3.05, 3.63) is 65.5 Å². The van der Waals surface area contributed by atoms with Crippen LogP contribution in [0.5, 0.6) is 5.88 Å². The number of allylic oxidation sites excluding steroid dienone is 1. The first kappa shape index (κ1) is 17.7. The number of H-pyrrole nitrogens is 1. The van der Waals surface area contributed by atoms with E-state index >= 15 is 0 Å². The standard InChI is InChI=1S/C23H23N5O/c29-22-20(14-18-15-25-21-19(18)7-4-10-24-21)26-23(27-22)28-11-8-17(9-12-28)13-16-5-2-1-3-6-16/h1-7,10,14-15,17,29H,8-9,11-13H2,(H,26,27)/b18-14+. The number of nitrogens with one attached hydrogen (secondary N) is 1. The summed E-state index contributed by atoms with van der Waals surface area (Å²) < 4.78 is 0. The smallest absolute Gasteiger partial charge is 0.238 e. The van der Waals surface area contributed by atoms with Crippen LogP contribution >= 0.6 is 0 Å². The molecule has 6 nitrogen and oxygen atoms in total. The Bertz CT molecular complexity index is 1060. The summed E-state index contributed by atoms with van der Waals surface area (Å²) in [5.74, 6) is 2.15. The number of rotatable bonds is 4. The highest BCUT2D eigenvalue weighted by Gasteiger charge is 2.23. The maximum Gasteiger partial charge on any atom is 0.238 e. The summed E-state index contributed by atoms with van der Waals surface area (Å²) in [7, 11) is 0. The summed E-state index contributed by atoms with van der Waals surface area (Å²) >= 11 is 0. The Morgan fingerprint density at radius 3 is 2.76 bits per heavy atom. The van der Waals surface area contributed by atoms with Gasteiger partial charge in [0.15, 0.2) is 5.82 Å². The fourth-order valence-corrected chi connectivity index (χ4v) is 4.11. The van der Waals surface area contributed by atoms with Crippen molar-refractivity contribution in [2.45, 2.75) is 19.3 Å². The third-order valence-corrected chi connectivity index (χ3v) is 5.70. The number of fused-ring (bicyclic) bond motifs is 1. The summed E-state index contributed by atoms with van der Waals surface area (Å²) in [5, 5.41) is 10.3. The van der Waals surface area contributed by atoms with Gasteiger partial charge in [0.1, 0.15) is 5.69 Å². The van der Waals surface area contributed by atoms with E-state index in [0.29, 0.717) is 17.4 Å². The molecule has 5 rings (SSSR count). The number of aromatic nitrogens is 3. The monoisotopic (exact) mass is 385 g/mol. The van der Waals surface area contributed by atoms with Gasteiger partial charge in [0.25, 0.3) is 0 Å². The van der Waals surface area contributed by atoms with Crippen molar-refractivity contribution in [3.63, 3.8) is 0 Å². The van der Waals surface area contributed by atoms with Crippen LogP contribution in [-0.2, 0) is 6.42 Å². The first-order valence-corrected chi connectivity index (χ1v) is 10.1. The molecule has 1 saturated heterocycles. The van der Waals surface area contributed by atoms with Crippen LogP contribution in [-0.4, -0.2) is 39.4 Å². The van der Waals surface area contributed by atoms with E-state index < -0.39 is 0 Å². The second kappa shape index (κ2) is 7.54. The number of aromatic hydroxyl groups is 1. The quantitative estimate of drug-likeness (QED) is 0.705. The Labute approximate surface area is 169 Å². The van der Waals surface area contributed by atoms with E-state index in [0.717, 1.165) is 49.4 Å². The predicted molar refractivity (Wildman–Crippen MR) is 116 cm³/mol. The molecule has 2 aliphatic rings. The van der Waals surface area contributed by atoms with Crippen molar-refractivity contribution in [2.75, 3.05) is 18.0 Å². The third kappa shape index (κ3) is 3.66. The Morgan fingerprint density at radius 2 is 1.93 bits per heavy atom. The second-order valence-electron chi connectivity index (χ2n) is 7.65. The number of anilines is 1. The average Bonchev–Trinajstić information content (AvgIpc) is 3.33. The Kier molecular flexibility index (Phi) is 4.60. The number of pyridine rings is 1. The highest BCUT2D eigenvalue weighted by Crippen LogP contribution is 2.32. The zero-order valence-corrected chi connectivity index (χ0v) is 16.1. The number of aliphatic imine (C=N–C) groups is 1. The van der Waals surface area contributed by atoms with Gasteiger partial charge in [-0.1, -0.05) is 30.3 Å². The minimum absolute atomic E-state index is 0.0182. The summed E-state index contributed by atoms with van der Waals surface area (Å²) in [5.41, 5.74) is 3.89. The van der Waals surface area contributed by atoms with Crippen LogP contribution in [0.15, 0.2) is 53.7 Å². The maximum atomic E-state index is 10.3. The number of hydrogen-bond acceptors (Lipinski definition) is 5. The molecule has 0 aliphatic carbocycles. The van der Waals surface area contributed by atoms with E-state index in [1.807, 2.05) is 18.2 Å². The number of imidazole rings is 1. The van der Waals surface area contributed by atoms with Gasteiger partial charge in [0.05, 0.1) is 0 Å². The normalized spacial score (nSPS) is 17.8. The minimum Gasteiger partial charge on any atom is -0.492 e. The summed E-state index contributed by atoms with van der Waals surface area (Å²) in [6.45, 7) is 1.88. The largest absolute Gasteiger partial charge is 0.492 e. The number of benzene rings is 1. The van der Waals surface area contributed by atoms with Crippen molar-refractivity contribution in [1.82, 2.24) is 15.0 Å². The number of nitrogens with zero attached hydrogens (tertiary/aromatic N) is 4. The number of aromatic amines is 1. The van der Waals surface area contributed by atoms with Gasteiger partial charge in [-0.15, -0.1) is 0 Å². The van der Waals surface area contributed by atoms with Crippen LogP contribution in [0.4, 0.5) is 11.8 Å². The molecule has 29 heavy (non-hydrogen) atoms. The van der Waals surface area contributed by atoms with E-state index in [1.165, 1.54) is 5.56 Å². The van der Waals surface area contributed by atoms with E-state index in [9.17, 15) is 5.11 Å². The molecule has 1 fully saturated rings. The lowest BCUT2D eigenvalue weighted by molar-refractivity contribution is 0.400. The van der Waals surface area contributed by atoms with E-state index in [2.05, 4.69) is 55.2 Å². The molecule has 6 heteroatoms. The van der Waals surface area contributed by atoms with Crippen LogP contribution in [0.1, 0.15) is 29.7 Å². The minimum atomic E-state index is 0.0182. The summed E-state index contributed by atoms with van der Waals surface area (Å²) in [6.07, 6.45) is 8.75. The first-order chi connectivity index (χ1) is 14.3. The fraction of sp³-hybridized carbons (Fsp3) is 0.261. The summed E-state index contributed by atoms with van der Waals surface area (Å²) in [6, 6.07) is 14.6. The van der Waals surface area contributed by atoms with Crippen molar-refractivity contribution in [3.8, 4) is 5.88 Å². The van der Waals surface area contributed by atoms with E-state index in [-0.39, 0.29) is 5.88 Å². The lowest BCUT2D eigenvalue weighted by Gasteiger charge is -2.31. The van der Waals surface area contributed by atoms with Gasteiger partial charge in [-0.05, 0) is 49.0 Å². The third-order valence-electron chi connectivity index (χ3n) is 5.70. The molecular weight excluding hydrogens is 362 g/mol. The Hall–Kier alpha value is -3.41. The molecule has 2 aliphatic heterocycles. The van der Waals surface area contributed by atoms with Gasteiger partial charge in [0.2, 0.25) is 11.8 Å². The molecule has 0 spiro atoms. The zero-order valence-electron chi connectivity index (χ0n) is 16.1. The number of piperidine rings is 1. The van der Waals surface area contributed by atoms with Crippen LogP contribution in [0, 0.1) is 5.92 Å². The topological polar surface area (TPSA) is 77.4 Å². The predicted octanol–water partition coefficient (Wildman–Crippen LogP) is 4.23. The molecule has 1 aromatic carbocycles. The molecule has 0 bridgehead atoms. The molecule has 0 saturated carbocycles. The maximum absolute atomic E-state index is 10.3. The average molecular weight is 385 g/mol. The van der Waals surface area contributed by atoms with Crippen LogP contribution in [0.3, 0.4) is 0 Å². The molecule has 146 valence electrons. The van der Waals surface area contributed by atoms with Gasteiger partial charge in [-0.2, -0.15) is 4.98 Å². The van der Waals surface area contributed by atoms with Gasteiger partial charge in [-0.3, -0.25) is 0 Å². The molecule has 4 heterocycles. The molecule has 3 aromatic rings. The number of hydrogen-bond donors (Lipinski definition) is 2. The van der Waals surface area contributed by atoms with Gasteiger partial charge in [0, 0.05) is 36.6 Å². The highest BCUT2D eigenvalue weighted by atomic mass is 16.3. The van der Waals surface area contributed by atoms with Crippen LogP contribution < -0.4 is 4.90 Å². The van der Waals surface area contributed by atoms with Crippen molar-refractivity contribution >= 4 is 29.6 Å². The fourth-order valence-electron chi connectivity index (χ4n) is 4.11. The van der Waals surface area contributed by atoms with Crippen molar-refractivity contribution < 1.29 is 5.11 Å². The zero-order chi connectivity index (χ0) is 19.6. The first-order valence-electron chi connectivity index (χ1n) is 10.1. The molecule has 0 unspecified atom stereocenters. The van der Waals surface area contributed by atoms with Gasteiger partial charge < -0.3 is 15.0 Å². The molecule has 0 atom stereocenters. The lowest BCUT2D eigenvalue weighted by atomic mass is 9.90. The molecular formula is C23H23N5O. The van der Waals surface area contributed by atoms with Crippen LogP contribution in [0.2, 0.25) is 0 Å². The van der Waals surface area contributed by atoms with Gasteiger partial charge in [-0.25, -0.2) is 9.98 Å². The molecule has 0 amide bonds. The van der Waals surface area contributed by atoms with Crippen LogP contribution in [0.25, 0.3) is 11.6 Å². The Balaban J connectivity index is 1.27. The molecule has 2 N–H and O–H groups in total. The SMILES string of the molecule is Oc1nc(N2CCC(Cc3ccccc3)CC2)[nH]c1/C=C1\C=Nc2ncccc21. The van der Waals surface area contributed by atoms with E-state index in [1.54, 1.807) is 12.4 Å². The molecule has 2 aromatic heterocycles. The summed E-state index contributed by atoms with van der Waals surface area (Å²) in [4.78, 5) is 18.4. The van der Waals surface area contributed by atoms with Crippen molar-refractivity contribution in [2.24, 2.45) is 10.9 Å². The molecule has 0 radical (unpaired) electrons. The second-order valence-corrected chi connectivity index (χ2v) is 7.65. The Morgan fingerprint density at radius 1 is 1.10 bits per heavy atom. The van der Waals surface area contributed by atoms with Gasteiger partial charge >= 0.3 is 0 Å². The van der Waals surface area contributed by atoms with Crippen molar-refractivity contribution in [1.29, 1.82) is 0 Å². The van der Waals surface area contributed by atoms with E-state index in [4.69, 9.17) is 0 Å². The lowest BCUT2D eigenvalue weighted by Crippen LogP contribution is -2.35. The highest BCUT2D eigenvalue weighted by molar-refractivity contribution is 6.20.